The van der Waals surface area contributed by atoms with Gasteiger partial charge < -0.3 is 15.2 Å². The summed E-state index contributed by atoms with van der Waals surface area (Å²) in [7, 11) is 0. The van der Waals surface area contributed by atoms with Crippen molar-refractivity contribution in [3.63, 3.8) is 0 Å². The Kier molecular flexibility index (Phi) is 4.65. The molecule has 1 rings (SSSR count). The van der Waals surface area contributed by atoms with Crippen LogP contribution >= 0.6 is 0 Å². The molecule has 0 saturated carbocycles. The Morgan fingerprint density at radius 1 is 1.30 bits per heavy atom. The van der Waals surface area contributed by atoms with Crippen molar-refractivity contribution in [1.82, 2.24) is 15.3 Å². The fraction of sp³-hybridized carbons (Fsp3) is 0.538. The highest BCUT2D eigenvalue weighted by Crippen LogP contribution is 2.23. The van der Waals surface area contributed by atoms with Gasteiger partial charge in [-0.1, -0.05) is 0 Å². The molecule has 1 heterocycles. The summed E-state index contributed by atoms with van der Waals surface area (Å²) >= 11 is 0. The van der Waals surface area contributed by atoms with Crippen molar-refractivity contribution in [1.29, 1.82) is 0 Å². The Hall–Kier alpha value is -2.18. The first-order valence-corrected chi connectivity index (χ1v) is 6.12. The number of hydrogen-bond donors (Lipinski definition) is 2. The van der Waals surface area contributed by atoms with E-state index in [4.69, 9.17) is 9.84 Å². The molecule has 0 aliphatic rings. The highest BCUT2D eigenvalue weighted by atomic mass is 16.6. The molecule has 1 aromatic heterocycles. The highest BCUT2D eigenvalue weighted by molar-refractivity contribution is 5.73. The van der Waals surface area contributed by atoms with Gasteiger partial charge in [0.2, 0.25) is 0 Å². The summed E-state index contributed by atoms with van der Waals surface area (Å²) in [4.78, 5) is 30.8. The van der Waals surface area contributed by atoms with Crippen LogP contribution in [0.1, 0.15) is 39.8 Å². The first-order valence-electron chi connectivity index (χ1n) is 6.12. The minimum Gasteiger partial charge on any atom is -0.481 e. The van der Waals surface area contributed by atoms with Gasteiger partial charge in [0.05, 0.1) is 23.9 Å². The lowest BCUT2D eigenvalue weighted by Crippen LogP contribution is -2.47. The van der Waals surface area contributed by atoms with E-state index in [0.29, 0.717) is 5.69 Å². The maximum atomic E-state index is 11.9. The van der Waals surface area contributed by atoms with Gasteiger partial charge in [-0.3, -0.25) is 14.8 Å². The third kappa shape index (κ3) is 4.83. The Labute approximate surface area is 117 Å². The third-order valence-corrected chi connectivity index (χ3v) is 2.41. The van der Waals surface area contributed by atoms with Gasteiger partial charge in [-0.15, -0.1) is 0 Å². The molecule has 110 valence electrons. The second kappa shape index (κ2) is 5.85. The summed E-state index contributed by atoms with van der Waals surface area (Å²) in [6.07, 6.45) is 3.29. The number of ether oxygens (including phenoxy) is 1. The molecule has 0 fully saturated rings. The maximum absolute atomic E-state index is 11.9. The van der Waals surface area contributed by atoms with E-state index in [9.17, 15) is 9.59 Å². The average molecular weight is 281 g/mol. The number of carboxylic acids is 1. The average Bonchev–Trinajstić information content (AvgIpc) is 2.26. The van der Waals surface area contributed by atoms with Gasteiger partial charge in [0.15, 0.2) is 0 Å². The summed E-state index contributed by atoms with van der Waals surface area (Å²) in [5.74, 6) is -1.06. The van der Waals surface area contributed by atoms with Gasteiger partial charge in [-0.2, -0.15) is 0 Å². The first-order chi connectivity index (χ1) is 9.12. The summed E-state index contributed by atoms with van der Waals surface area (Å²) in [6.45, 7) is 6.74. The number of carbonyl (C=O) groups excluding carboxylic acids is 1. The predicted molar refractivity (Wildman–Crippen MR) is 71.0 cm³/mol. The Bertz CT molecular complexity index is 484. The molecule has 2 N–H and O–H groups in total. The molecular weight excluding hydrogens is 262 g/mol. The van der Waals surface area contributed by atoms with Crippen LogP contribution in [0, 0.1) is 0 Å². The van der Waals surface area contributed by atoms with Crippen LogP contribution in [0.2, 0.25) is 0 Å². The van der Waals surface area contributed by atoms with E-state index >= 15 is 0 Å². The number of alkyl carbamates (subject to hydrolysis) is 1. The Morgan fingerprint density at radius 3 is 2.40 bits per heavy atom. The van der Waals surface area contributed by atoms with Crippen molar-refractivity contribution in [2.75, 3.05) is 0 Å². The summed E-state index contributed by atoms with van der Waals surface area (Å²) in [5.41, 5.74) is -1.51. The fourth-order valence-corrected chi connectivity index (χ4v) is 1.61. The molecule has 0 bridgehead atoms. The molecular formula is C13H19N3O4. The van der Waals surface area contributed by atoms with Crippen LogP contribution in [-0.4, -0.2) is 32.7 Å². The number of carboxylic acid groups (broad SMARTS) is 1. The van der Waals surface area contributed by atoms with Crippen LogP contribution in [0.15, 0.2) is 18.6 Å². The molecule has 0 aliphatic heterocycles. The van der Waals surface area contributed by atoms with Crippen molar-refractivity contribution in [3.8, 4) is 0 Å². The predicted octanol–water partition coefficient (Wildman–Crippen LogP) is 1.69. The normalized spacial score (nSPS) is 14.2. The Balaban J connectivity index is 2.96. The molecule has 7 heteroatoms. The number of nitrogens with one attached hydrogen (secondary N) is 1. The summed E-state index contributed by atoms with van der Waals surface area (Å²) in [6, 6.07) is 0. The van der Waals surface area contributed by atoms with E-state index in [1.807, 2.05) is 0 Å². The van der Waals surface area contributed by atoms with Gasteiger partial charge in [0.25, 0.3) is 0 Å². The number of aromatic nitrogens is 2. The van der Waals surface area contributed by atoms with E-state index in [2.05, 4.69) is 15.3 Å². The molecule has 7 nitrogen and oxygen atoms in total. The van der Waals surface area contributed by atoms with E-state index in [1.165, 1.54) is 18.6 Å². The van der Waals surface area contributed by atoms with E-state index in [0.717, 1.165) is 0 Å². The molecule has 1 unspecified atom stereocenters. The topological polar surface area (TPSA) is 101 Å². The van der Waals surface area contributed by atoms with Gasteiger partial charge in [-0.25, -0.2) is 4.79 Å². The first kappa shape index (κ1) is 15.9. The largest absolute Gasteiger partial charge is 0.481 e. The van der Waals surface area contributed by atoms with Gasteiger partial charge in [0, 0.05) is 12.4 Å². The number of aliphatic carboxylic acids is 1. The SMILES string of the molecule is CC(C)(C)OC(=O)NC(C)(CC(=O)O)c1cnccn1. The second-order valence-electron chi connectivity index (χ2n) is 5.62. The number of amides is 1. The summed E-state index contributed by atoms with van der Waals surface area (Å²) < 4.78 is 5.15. The minimum atomic E-state index is -1.19. The molecule has 0 radical (unpaired) electrons. The van der Waals surface area contributed by atoms with Crippen LogP contribution in [0.25, 0.3) is 0 Å². The maximum Gasteiger partial charge on any atom is 0.408 e. The van der Waals surface area contributed by atoms with E-state index in [1.54, 1.807) is 27.7 Å². The zero-order valence-corrected chi connectivity index (χ0v) is 12.0. The molecule has 1 amide bonds. The Morgan fingerprint density at radius 2 is 1.95 bits per heavy atom. The zero-order chi connectivity index (χ0) is 15.4. The lowest BCUT2D eigenvalue weighted by molar-refractivity contribution is -0.138. The van der Waals surface area contributed by atoms with Gasteiger partial charge in [0.1, 0.15) is 5.60 Å². The molecule has 0 aromatic carbocycles. The third-order valence-electron chi connectivity index (χ3n) is 2.41. The number of nitrogens with zero attached hydrogens (tertiary/aromatic N) is 2. The lowest BCUT2D eigenvalue weighted by atomic mass is 9.94. The summed E-state index contributed by atoms with van der Waals surface area (Å²) in [5, 5.41) is 11.6. The van der Waals surface area contributed by atoms with Crippen LogP contribution in [0.5, 0.6) is 0 Å². The molecule has 1 atom stereocenters. The van der Waals surface area contributed by atoms with Crippen molar-refractivity contribution in [3.05, 3.63) is 24.3 Å². The van der Waals surface area contributed by atoms with Gasteiger partial charge in [-0.05, 0) is 27.7 Å². The minimum absolute atomic E-state index is 0.328. The van der Waals surface area contributed by atoms with E-state index in [-0.39, 0.29) is 6.42 Å². The second-order valence-corrected chi connectivity index (χ2v) is 5.62. The number of rotatable bonds is 4. The lowest BCUT2D eigenvalue weighted by Gasteiger charge is -2.30. The molecule has 20 heavy (non-hydrogen) atoms. The molecule has 0 spiro atoms. The zero-order valence-electron chi connectivity index (χ0n) is 12.0. The standard InChI is InChI=1S/C13H19N3O4/c1-12(2,3)20-11(19)16-13(4,7-10(17)18)9-8-14-5-6-15-9/h5-6,8H,7H2,1-4H3,(H,16,19)(H,17,18). The van der Waals surface area contributed by atoms with Crippen LogP contribution in [0.4, 0.5) is 4.79 Å². The molecule has 0 aliphatic carbocycles. The molecule has 0 saturated heterocycles. The fourth-order valence-electron chi connectivity index (χ4n) is 1.61. The van der Waals surface area contributed by atoms with Crippen LogP contribution in [0.3, 0.4) is 0 Å². The smallest absolute Gasteiger partial charge is 0.408 e. The monoisotopic (exact) mass is 281 g/mol. The highest BCUT2D eigenvalue weighted by Gasteiger charge is 2.34. The van der Waals surface area contributed by atoms with E-state index < -0.39 is 23.2 Å². The van der Waals surface area contributed by atoms with Crippen molar-refractivity contribution in [2.24, 2.45) is 0 Å². The van der Waals surface area contributed by atoms with Crippen LogP contribution < -0.4 is 5.32 Å². The van der Waals surface area contributed by atoms with Crippen molar-refractivity contribution >= 4 is 12.1 Å². The quantitative estimate of drug-likeness (QED) is 0.870. The number of carbonyl (C=O) groups is 2. The number of hydrogen-bond acceptors (Lipinski definition) is 5. The van der Waals surface area contributed by atoms with Crippen molar-refractivity contribution < 1.29 is 19.4 Å². The van der Waals surface area contributed by atoms with Crippen molar-refractivity contribution in [2.45, 2.75) is 45.3 Å². The molecule has 1 aromatic rings. The van der Waals surface area contributed by atoms with Crippen LogP contribution in [-0.2, 0) is 15.1 Å². The van der Waals surface area contributed by atoms with Gasteiger partial charge >= 0.3 is 12.1 Å².